The van der Waals surface area contributed by atoms with Crippen LogP contribution >= 0.6 is 0 Å². The quantitative estimate of drug-likeness (QED) is 0.0272. The number of unbranched alkanes of at least 4 members (excludes halogenated alkanes) is 28. The Bertz CT molecular complexity index is 991. The second-order valence-corrected chi connectivity index (χ2v) is 20.9. The highest BCUT2D eigenvalue weighted by molar-refractivity contribution is 5.32. The number of aliphatic hydroxyl groups is 1. The zero-order valence-electron chi connectivity index (χ0n) is 48.3. The van der Waals surface area contributed by atoms with Crippen molar-refractivity contribution in [2.75, 3.05) is 47.3 Å². The minimum atomic E-state index is -0.250. The van der Waals surface area contributed by atoms with Crippen LogP contribution in [0.1, 0.15) is 298 Å². The SMILES string of the molecule is CCCCCC/C=C\COC(CCCCCCCCCC(CCCCCCCCCCC(C)CCCCCC)CCCN(C)C)OC/C=C\CCCCCC.CCCCCC/C=C\COCO.O=CO. The maximum Gasteiger partial charge on any atom is 0.290 e. The molecule has 0 aliphatic rings. The first kappa shape index (κ1) is 72.7. The third-order valence-corrected chi connectivity index (χ3v) is 13.6. The average molecular weight is 993 g/mol. The predicted octanol–water partition coefficient (Wildman–Crippen LogP) is 19.6. The molecule has 0 amide bonds. The van der Waals surface area contributed by atoms with Gasteiger partial charge in [0.25, 0.3) is 6.47 Å². The lowest BCUT2D eigenvalue weighted by molar-refractivity contribution is -0.131. The van der Waals surface area contributed by atoms with Crippen molar-refractivity contribution in [3.05, 3.63) is 36.5 Å². The third kappa shape index (κ3) is 68.6. The summed E-state index contributed by atoms with van der Waals surface area (Å²) in [5.41, 5.74) is 0. The Morgan fingerprint density at radius 1 is 0.414 bits per heavy atom. The number of allylic oxidation sites excluding steroid dienone is 3. The molecule has 0 aliphatic heterocycles. The van der Waals surface area contributed by atoms with E-state index in [2.05, 4.69) is 84.0 Å². The normalized spacial score (nSPS) is 12.6. The Balaban J connectivity index is -0.00000256. The molecule has 7 heteroatoms. The number of aliphatic hydroxyl groups excluding tert-OH is 1. The molecule has 0 aromatic heterocycles. The molecule has 0 rings (SSSR count). The molecule has 70 heavy (non-hydrogen) atoms. The fourth-order valence-electron chi connectivity index (χ4n) is 9.09. The smallest absolute Gasteiger partial charge is 0.290 e. The number of carboxylic acid groups (broad SMARTS) is 1. The van der Waals surface area contributed by atoms with Crippen molar-refractivity contribution < 1.29 is 29.2 Å². The highest BCUT2D eigenvalue weighted by atomic mass is 16.7. The second-order valence-electron chi connectivity index (χ2n) is 20.9. The summed E-state index contributed by atoms with van der Waals surface area (Å²) < 4.78 is 17.1. The zero-order chi connectivity index (χ0) is 51.9. The first-order valence-corrected chi connectivity index (χ1v) is 30.5. The molecule has 0 spiro atoms. The van der Waals surface area contributed by atoms with E-state index in [-0.39, 0.29) is 19.6 Å². The van der Waals surface area contributed by atoms with Gasteiger partial charge in [-0.05, 0) is 96.7 Å². The molecule has 0 saturated heterocycles. The number of hydrogen-bond acceptors (Lipinski definition) is 6. The van der Waals surface area contributed by atoms with Gasteiger partial charge in [-0.2, -0.15) is 0 Å². The largest absolute Gasteiger partial charge is 0.483 e. The van der Waals surface area contributed by atoms with E-state index in [0.717, 1.165) is 24.7 Å². The Hall–Kier alpha value is -1.51. The molecule has 2 atom stereocenters. The van der Waals surface area contributed by atoms with Crippen molar-refractivity contribution in [2.45, 2.75) is 304 Å². The summed E-state index contributed by atoms with van der Waals surface area (Å²) in [4.78, 5) is 10.7. The topological polar surface area (TPSA) is 88.5 Å². The Kier molecular flexibility index (Phi) is 70.1. The second kappa shape index (κ2) is 67.5. The summed E-state index contributed by atoms with van der Waals surface area (Å²) in [6.07, 6.45) is 68.9. The standard InChI is InChI=1S/C52H103NO2.C10H20O2.CH2O2/c1-7-10-13-16-25-31-38-48-54-52(55-49-39-32-26-17-14-11-8-2)46-37-30-24-20-23-29-36-44-51(45-40-47-53(5)6)43-35-28-22-19-18-21-27-34-42-50(4)41-33-15-12-9-3;1-2-3-4-5-6-7-8-9-12-10-11;2-1-3/h31-32,38-39,50-52H,7-30,33-37,40-49H2,1-6H3;7-8,11H,2-6,9-10H2,1H3;1H,(H,2,3)/b38-31-,39-32-;8-7-;. The number of ether oxygens (including phenoxy) is 3. The maximum absolute atomic E-state index is 8.36. The van der Waals surface area contributed by atoms with Crippen LogP contribution in [0.2, 0.25) is 0 Å². The summed E-state index contributed by atoms with van der Waals surface area (Å²) in [6, 6.07) is 0. The van der Waals surface area contributed by atoms with Gasteiger partial charge >= 0.3 is 0 Å². The maximum atomic E-state index is 8.36. The minimum Gasteiger partial charge on any atom is -0.483 e. The van der Waals surface area contributed by atoms with Crippen molar-refractivity contribution in [3.8, 4) is 0 Å². The van der Waals surface area contributed by atoms with Crippen LogP contribution in [0.15, 0.2) is 36.5 Å². The van der Waals surface area contributed by atoms with Gasteiger partial charge in [-0.3, -0.25) is 4.79 Å². The highest BCUT2D eigenvalue weighted by Crippen LogP contribution is 2.24. The van der Waals surface area contributed by atoms with E-state index in [1.54, 1.807) is 0 Å². The average Bonchev–Trinajstić information content (AvgIpc) is 3.35. The molecule has 2 N–H and O–H groups in total. The van der Waals surface area contributed by atoms with Crippen molar-refractivity contribution in [2.24, 2.45) is 11.8 Å². The van der Waals surface area contributed by atoms with Gasteiger partial charge in [0, 0.05) is 0 Å². The van der Waals surface area contributed by atoms with Crippen LogP contribution in [0.5, 0.6) is 0 Å². The lowest BCUT2D eigenvalue weighted by atomic mass is 9.90. The molecular weight excluding hydrogens is 867 g/mol. The van der Waals surface area contributed by atoms with Crippen LogP contribution in [0.4, 0.5) is 0 Å². The molecule has 2 unspecified atom stereocenters. The monoisotopic (exact) mass is 992 g/mol. The molecule has 0 bridgehead atoms. The Labute approximate surface area is 438 Å². The van der Waals surface area contributed by atoms with Crippen LogP contribution in [0.3, 0.4) is 0 Å². The first-order chi connectivity index (χ1) is 34.4. The van der Waals surface area contributed by atoms with E-state index in [9.17, 15) is 0 Å². The molecular formula is C63H125NO6. The fraction of sp³-hybridized carbons (Fsp3) is 0.889. The lowest BCUT2D eigenvalue weighted by Crippen LogP contribution is -2.17. The van der Waals surface area contributed by atoms with E-state index < -0.39 is 0 Å². The van der Waals surface area contributed by atoms with Gasteiger partial charge in [-0.25, -0.2) is 0 Å². The lowest BCUT2D eigenvalue weighted by Gasteiger charge is -2.18. The van der Waals surface area contributed by atoms with Crippen molar-refractivity contribution in [1.29, 1.82) is 0 Å². The van der Waals surface area contributed by atoms with Gasteiger partial charge in [-0.1, -0.05) is 270 Å². The molecule has 7 nitrogen and oxygen atoms in total. The molecule has 0 aliphatic carbocycles. The van der Waals surface area contributed by atoms with Crippen LogP contribution in [0, 0.1) is 11.8 Å². The minimum absolute atomic E-state index is 0.0764. The number of nitrogens with zero attached hydrogens (tertiary/aromatic N) is 1. The molecule has 0 aromatic carbocycles. The molecule has 0 aromatic rings. The zero-order valence-corrected chi connectivity index (χ0v) is 48.3. The molecule has 0 saturated carbocycles. The van der Waals surface area contributed by atoms with E-state index >= 15 is 0 Å². The first-order valence-electron chi connectivity index (χ1n) is 30.5. The van der Waals surface area contributed by atoms with Gasteiger partial charge in [0.05, 0.1) is 19.8 Å². The van der Waals surface area contributed by atoms with Crippen molar-refractivity contribution in [1.82, 2.24) is 4.90 Å². The van der Waals surface area contributed by atoms with Gasteiger partial charge < -0.3 is 29.3 Å². The van der Waals surface area contributed by atoms with Crippen LogP contribution in [-0.2, 0) is 19.0 Å². The van der Waals surface area contributed by atoms with Crippen LogP contribution < -0.4 is 0 Å². The van der Waals surface area contributed by atoms with Crippen LogP contribution in [0.25, 0.3) is 0 Å². The molecule has 0 heterocycles. The predicted molar refractivity (Wildman–Crippen MR) is 308 cm³/mol. The summed E-state index contributed by atoms with van der Waals surface area (Å²) in [6.45, 7) is 14.3. The van der Waals surface area contributed by atoms with E-state index in [0.29, 0.717) is 19.8 Å². The molecule has 0 fully saturated rings. The van der Waals surface area contributed by atoms with Crippen molar-refractivity contribution in [3.63, 3.8) is 0 Å². The molecule has 418 valence electrons. The summed E-state index contributed by atoms with van der Waals surface area (Å²) >= 11 is 0. The van der Waals surface area contributed by atoms with Gasteiger partial charge in [-0.15, -0.1) is 0 Å². The van der Waals surface area contributed by atoms with E-state index in [1.165, 1.54) is 257 Å². The fourth-order valence-corrected chi connectivity index (χ4v) is 9.09. The van der Waals surface area contributed by atoms with Crippen LogP contribution in [-0.4, -0.2) is 75.1 Å². The Morgan fingerprint density at radius 2 is 0.729 bits per heavy atom. The molecule has 0 radical (unpaired) electrons. The Morgan fingerprint density at radius 3 is 1.10 bits per heavy atom. The van der Waals surface area contributed by atoms with Gasteiger partial charge in [0.2, 0.25) is 0 Å². The van der Waals surface area contributed by atoms with E-state index in [1.807, 2.05) is 6.08 Å². The third-order valence-electron chi connectivity index (χ3n) is 13.6. The summed E-state index contributed by atoms with van der Waals surface area (Å²) in [5.74, 6) is 1.90. The number of hydrogen-bond donors (Lipinski definition) is 2. The summed E-state index contributed by atoms with van der Waals surface area (Å²) in [7, 11) is 4.46. The van der Waals surface area contributed by atoms with Gasteiger partial charge in [0.1, 0.15) is 6.79 Å². The van der Waals surface area contributed by atoms with E-state index in [4.69, 9.17) is 29.2 Å². The van der Waals surface area contributed by atoms with Crippen molar-refractivity contribution >= 4 is 6.47 Å². The number of rotatable bonds is 54. The number of carbonyl (C=O) groups is 1. The summed E-state index contributed by atoms with van der Waals surface area (Å²) in [5, 5.41) is 15.2. The van der Waals surface area contributed by atoms with Gasteiger partial charge in [0.15, 0.2) is 6.29 Å². The highest BCUT2D eigenvalue weighted by Gasteiger charge is 2.11.